The molecule has 2 heterocycles. The Morgan fingerprint density at radius 1 is 0.408 bits per heavy atom. The van der Waals surface area contributed by atoms with E-state index in [-0.39, 0.29) is 0 Å². The number of rotatable bonds is 5. The maximum atomic E-state index is 14.1. The molecule has 0 fully saturated rings. The Morgan fingerprint density at radius 2 is 0.980 bits per heavy atom. The van der Waals surface area contributed by atoms with Gasteiger partial charge in [-0.2, -0.15) is 0 Å². The zero-order valence-corrected chi connectivity index (χ0v) is 27.8. The fraction of sp³-hybridized carbons (Fsp3) is 0.0222. The van der Waals surface area contributed by atoms with Crippen LogP contribution in [0.4, 0.5) is 0 Å². The summed E-state index contributed by atoms with van der Waals surface area (Å²) in [6.45, 7) is 1.90. The predicted molar refractivity (Wildman–Crippen MR) is 205 cm³/mol. The van der Waals surface area contributed by atoms with Crippen molar-refractivity contribution in [3.8, 4) is 67.3 Å². The first-order valence-electron chi connectivity index (χ1n) is 16.5. The fourth-order valence-corrected chi connectivity index (χ4v) is 9.43. The molecule has 0 radical (unpaired) electrons. The highest BCUT2D eigenvalue weighted by molar-refractivity contribution is 7.79. The molecule has 49 heavy (non-hydrogen) atoms. The molecule has 1 aliphatic heterocycles. The van der Waals surface area contributed by atoms with Gasteiger partial charge in [0.25, 0.3) is 0 Å². The number of hydrogen-bond donors (Lipinski definition) is 0. The second-order valence-corrected chi connectivity index (χ2v) is 15.5. The summed E-state index contributed by atoms with van der Waals surface area (Å²) in [5, 5.41) is 4.25. The number of fused-ring (bicyclic) bond motifs is 4. The largest absolute Gasteiger partial charge is 0.314 e. The van der Waals surface area contributed by atoms with Gasteiger partial charge in [0, 0.05) is 27.3 Å². The van der Waals surface area contributed by atoms with Gasteiger partial charge in [-0.1, -0.05) is 146 Å². The monoisotopic (exact) mass is 646 g/mol. The van der Waals surface area contributed by atoms with Crippen molar-refractivity contribution in [3.05, 3.63) is 170 Å². The van der Waals surface area contributed by atoms with Gasteiger partial charge in [0.2, 0.25) is 0 Å². The third-order valence-electron chi connectivity index (χ3n) is 9.63. The van der Waals surface area contributed by atoms with Gasteiger partial charge in [0.05, 0.1) is 11.4 Å². The highest BCUT2D eigenvalue weighted by Crippen LogP contribution is 2.50. The van der Waals surface area contributed by atoms with Crippen LogP contribution >= 0.6 is 7.14 Å². The van der Waals surface area contributed by atoms with Crippen LogP contribution in [0.3, 0.4) is 0 Å². The second kappa shape index (κ2) is 11.7. The zero-order chi connectivity index (χ0) is 33.0. The predicted octanol–water partition coefficient (Wildman–Crippen LogP) is 10.9. The van der Waals surface area contributed by atoms with E-state index in [0.717, 1.165) is 72.1 Å². The minimum absolute atomic E-state index is 0.703. The van der Waals surface area contributed by atoms with E-state index in [9.17, 15) is 4.57 Å². The highest BCUT2D eigenvalue weighted by atomic mass is 31.2. The van der Waals surface area contributed by atoms with Gasteiger partial charge in [0.15, 0.2) is 5.82 Å². The van der Waals surface area contributed by atoms with Crippen molar-refractivity contribution >= 4 is 28.5 Å². The van der Waals surface area contributed by atoms with E-state index in [1.807, 2.05) is 73.4 Å². The number of benzene rings is 7. The third kappa shape index (κ3) is 5.11. The first-order chi connectivity index (χ1) is 24.0. The highest BCUT2D eigenvalue weighted by Gasteiger charge is 2.34. The Labute approximate surface area is 286 Å². The summed E-state index contributed by atoms with van der Waals surface area (Å²) in [7, 11) is -2.68. The summed E-state index contributed by atoms with van der Waals surface area (Å²) >= 11 is 0. The van der Waals surface area contributed by atoms with Crippen molar-refractivity contribution in [3.63, 3.8) is 0 Å². The molecule has 0 saturated carbocycles. The van der Waals surface area contributed by atoms with E-state index in [4.69, 9.17) is 9.97 Å². The minimum Gasteiger partial charge on any atom is -0.314 e. The first-order valence-corrected chi connectivity index (χ1v) is 18.6. The van der Waals surface area contributed by atoms with E-state index in [2.05, 4.69) is 103 Å². The van der Waals surface area contributed by atoms with Gasteiger partial charge in [-0.15, -0.1) is 0 Å². The summed E-state index contributed by atoms with van der Waals surface area (Å²) in [4.78, 5) is 9.98. The summed E-state index contributed by atoms with van der Waals surface area (Å²) in [5.74, 6) is 0.703. The maximum absolute atomic E-state index is 14.1. The molecular formula is C45H31N2OP. The van der Waals surface area contributed by atoms with Crippen molar-refractivity contribution in [1.82, 2.24) is 9.97 Å². The summed E-state index contributed by atoms with van der Waals surface area (Å²) < 4.78 is 14.1. The molecule has 1 atom stereocenters. The van der Waals surface area contributed by atoms with Gasteiger partial charge in [-0.3, -0.25) is 0 Å². The van der Waals surface area contributed by atoms with Gasteiger partial charge < -0.3 is 4.57 Å². The fourth-order valence-electron chi connectivity index (χ4n) is 7.10. The van der Waals surface area contributed by atoms with Crippen molar-refractivity contribution in [1.29, 1.82) is 0 Å². The van der Waals surface area contributed by atoms with Gasteiger partial charge in [-0.25, -0.2) is 9.97 Å². The maximum Gasteiger partial charge on any atom is 0.160 e. The molecule has 0 aliphatic carbocycles. The van der Waals surface area contributed by atoms with Gasteiger partial charge >= 0.3 is 0 Å². The van der Waals surface area contributed by atoms with Crippen LogP contribution in [0.15, 0.2) is 170 Å². The van der Waals surface area contributed by atoms with E-state index < -0.39 is 7.14 Å². The lowest BCUT2D eigenvalue weighted by atomic mass is 9.92. The van der Waals surface area contributed by atoms with E-state index >= 15 is 0 Å². The van der Waals surface area contributed by atoms with Crippen LogP contribution in [0.25, 0.3) is 78.1 Å². The van der Waals surface area contributed by atoms with Crippen LogP contribution in [-0.4, -0.2) is 16.6 Å². The summed E-state index contributed by atoms with van der Waals surface area (Å²) in [5.41, 5.74) is 11.4. The van der Waals surface area contributed by atoms with Crippen molar-refractivity contribution < 1.29 is 4.57 Å². The molecule has 1 aromatic heterocycles. The average molecular weight is 647 g/mol. The molecule has 0 spiro atoms. The summed E-state index contributed by atoms with van der Waals surface area (Å²) in [6, 6.07) is 58.8. The lowest BCUT2D eigenvalue weighted by Crippen LogP contribution is -2.08. The lowest BCUT2D eigenvalue weighted by molar-refractivity contribution is 0.591. The number of aromatic nitrogens is 2. The molecule has 1 aliphatic rings. The van der Waals surface area contributed by atoms with Crippen LogP contribution in [0.1, 0.15) is 0 Å². The van der Waals surface area contributed by atoms with Gasteiger partial charge in [-0.05, 0) is 75.1 Å². The molecule has 232 valence electrons. The standard InChI is InChI=1S/C45H31N2OP/c1-49(48)43-19-11-10-18-38(43)39-25-24-34(28-44(39)49)36-26-35-16-8-9-17-37(35)40(27-36)30-20-22-32(23-21-30)42-29-41(31-12-4-2-5-13-31)46-45(47-42)33-14-6-3-7-15-33/h2-29H,1H3. The van der Waals surface area contributed by atoms with Crippen LogP contribution in [-0.2, 0) is 4.57 Å². The van der Waals surface area contributed by atoms with Crippen molar-refractivity contribution in [2.75, 3.05) is 6.66 Å². The van der Waals surface area contributed by atoms with Crippen molar-refractivity contribution in [2.24, 2.45) is 0 Å². The normalized spacial score (nSPS) is 14.8. The molecule has 4 heteroatoms. The lowest BCUT2D eigenvalue weighted by Gasteiger charge is -2.14. The number of nitrogens with zero attached hydrogens (tertiary/aromatic N) is 2. The Bertz CT molecular complexity index is 2520. The molecule has 9 rings (SSSR count). The summed E-state index contributed by atoms with van der Waals surface area (Å²) in [6.07, 6.45) is 0. The Morgan fingerprint density at radius 3 is 1.73 bits per heavy atom. The molecule has 1 unspecified atom stereocenters. The Hall–Kier alpha value is -5.89. The van der Waals surface area contributed by atoms with E-state index in [0.29, 0.717) is 5.82 Å². The first kappa shape index (κ1) is 29.3. The smallest absolute Gasteiger partial charge is 0.160 e. The topological polar surface area (TPSA) is 42.9 Å². The van der Waals surface area contributed by atoms with Gasteiger partial charge in [0.1, 0.15) is 7.14 Å². The second-order valence-electron chi connectivity index (χ2n) is 12.7. The van der Waals surface area contributed by atoms with Crippen LogP contribution in [0.5, 0.6) is 0 Å². The molecule has 3 nitrogen and oxygen atoms in total. The van der Waals surface area contributed by atoms with E-state index in [1.54, 1.807) is 0 Å². The molecule has 0 amide bonds. The SMILES string of the molecule is CP1(=O)c2ccccc2-c2ccc(-c3cc(-c4ccc(-c5cc(-c6ccccc6)nc(-c6ccccc6)n5)cc4)c4ccccc4c3)cc21. The van der Waals surface area contributed by atoms with Crippen molar-refractivity contribution in [2.45, 2.75) is 0 Å². The third-order valence-corrected chi connectivity index (χ3v) is 12.2. The molecule has 7 aromatic carbocycles. The molecule has 0 saturated heterocycles. The Kier molecular flexibility index (Phi) is 6.97. The average Bonchev–Trinajstić information content (AvgIpc) is 3.40. The minimum atomic E-state index is -2.68. The molecule has 0 bridgehead atoms. The Balaban J connectivity index is 1.14. The van der Waals surface area contributed by atoms with Crippen LogP contribution in [0, 0.1) is 0 Å². The molecule has 8 aromatic rings. The molecular weight excluding hydrogens is 615 g/mol. The molecule has 0 N–H and O–H groups in total. The quantitative estimate of drug-likeness (QED) is 0.175. The number of hydrogen-bond acceptors (Lipinski definition) is 3. The van der Waals surface area contributed by atoms with E-state index in [1.165, 1.54) is 10.8 Å². The zero-order valence-electron chi connectivity index (χ0n) is 26.9. The van der Waals surface area contributed by atoms with Crippen LogP contribution < -0.4 is 10.6 Å². The van der Waals surface area contributed by atoms with Crippen LogP contribution in [0.2, 0.25) is 0 Å².